The summed E-state index contributed by atoms with van der Waals surface area (Å²) in [5, 5.41) is 11.9. The molecule has 0 saturated heterocycles. The van der Waals surface area contributed by atoms with Crippen molar-refractivity contribution in [3.05, 3.63) is 11.6 Å². The Balaban J connectivity index is 1.75. The fourth-order valence-corrected chi connectivity index (χ4v) is 2.89. The van der Waals surface area contributed by atoms with Crippen molar-refractivity contribution in [2.24, 2.45) is 5.92 Å². The van der Waals surface area contributed by atoms with Gasteiger partial charge < -0.3 is 10.4 Å². The van der Waals surface area contributed by atoms with E-state index in [-0.39, 0.29) is 17.9 Å². The first-order valence-corrected chi connectivity index (χ1v) is 6.85. The third kappa shape index (κ3) is 3.59. The molecule has 0 radical (unpaired) electrons. The Bertz CT molecular complexity index is 362. The maximum absolute atomic E-state index is 11.8. The van der Waals surface area contributed by atoms with Crippen molar-refractivity contribution in [1.82, 2.24) is 5.32 Å². The number of carbonyl (C=O) groups is 2. The van der Waals surface area contributed by atoms with E-state index < -0.39 is 5.97 Å². The molecule has 4 nitrogen and oxygen atoms in total. The summed E-state index contributed by atoms with van der Waals surface area (Å²) in [4.78, 5) is 22.7. The second-order valence-electron chi connectivity index (χ2n) is 5.40. The van der Waals surface area contributed by atoms with Gasteiger partial charge in [-0.05, 0) is 44.9 Å². The van der Waals surface area contributed by atoms with Gasteiger partial charge in [0.05, 0.1) is 5.92 Å². The SMILES string of the molecule is O=C(CC1=CCCCC1)N[C@H]1CC[C@@H](C(=O)O)C1. The number of allylic oxidation sites excluding steroid dienone is 1. The van der Waals surface area contributed by atoms with Crippen LogP contribution < -0.4 is 5.32 Å². The zero-order chi connectivity index (χ0) is 13.0. The Morgan fingerprint density at radius 3 is 2.78 bits per heavy atom. The van der Waals surface area contributed by atoms with Crippen LogP contribution in [-0.2, 0) is 9.59 Å². The number of amides is 1. The number of rotatable bonds is 4. The van der Waals surface area contributed by atoms with Gasteiger partial charge in [-0.1, -0.05) is 11.6 Å². The van der Waals surface area contributed by atoms with E-state index >= 15 is 0 Å². The van der Waals surface area contributed by atoms with Crippen LogP contribution in [0.2, 0.25) is 0 Å². The van der Waals surface area contributed by atoms with Crippen LogP contribution in [-0.4, -0.2) is 23.0 Å². The predicted octanol–water partition coefficient (Wildman–Crippen LogP) is 2.25. The second kappa shape index (κ2) is 6.03. The monoisotopic (exact) mass is 251 g/mol. The molecule has 0 aromatic carbocycles. The van der Waals surface area contributed by atoms with E-state index in [0.29, 0.717) is 19.3 Å². The fraction of sp³-hybridized carbons (Fsp3) is 0.714. The van der Waals surface area contributed by atoms with Crippen LogP contribution in [0.5, 0.6) is 0 Å². The van der Waals surface area contributed by atoms with Crippen molar-refractivity contribution in [3.8, 4) is 0 Å². The lowest BCUT2D eigenvalue weighted by Crippen LogP contribution is -2.33. The summed E-state index contributed by atoms with van der Waals surface area (Å²) >= 11 is 0. The minimum atomic E-state index is -0.735. The zero-order valence-electron chi connectivity index (χ0n) is 10.7. The number of hydrogen-bond acceptors (Lipinski definition) is 2. The lowest BCUT2D eigenvalue weighted by atomic mass is 9.97. The minimum absolute atomic E-state index is 0.0548. The molecule has 0 unspecified atom stereocenters. The molecular formula is C14H21NO3. The topological polar surface area (TPSA) is 66.4 Å². The van der Waals surface area contributed by atoms with E-state index in [4.69, 9.17) is 5.11 Å². The summed E-state index contributed by atoms with van der Waals surface area (Å²) in [6, 6.07) is 0.0581. The smallest absolute Gasteiger partial charge is 0.306 e. The first kappa shape index (κ1) is 13.1. The van der Waals surface area contributed by atoms with Gasteiger partial charge in [-0.3, -0.25) is 9.59 Å². The Hall–Kier alpha value is -1.32. The van der Waals surface area contributed by atoms with Gasteiger partial charge >= 0.3 is 5.97 Å². The summed E-state index contributed by atoms with van der Waals surface area (Å²) in [5.74, 6) is -0.954. The Morgan fingerprint density at radius 1 is 1.33 bits per heavy atom. The molecule has 0 aromatic rings. The van der Waals surface area contributed by atoms with Crippen molar-refractivity contribution in [1.29, 1.82) is 0 Å². The van der Waals surface area contributed by atoms with Gasteiger partial charge in [0.1, 0.15) is 0 Å². The van der Waals surface area contributed by atoms with Crippen molar-refractivity contribution in [2.45, 2.75) is 57.4 Å². The van der Waals surface area contributed by atoms with Crippen molar-refractivity contribution in [3.63, 3.8) is 0 Å². The van der Waals surface area contributed by atoms with Crippen LogP contribution in [0.25, 0.3) is 0 Å². The third-order valence-corrected chi connectivity index (χ3v) is 3.92. The highest BCUT2D eigenvalue weighted by Crippen LogP contribution is 2.26. The molecule has 0 aliphatic heterocycles. The van der Waals surface area contributed by atoms with E-state index in [1.54, 1.807) is 0 Å². The molecule has 2 rings (SSSR count). The first-order valence-electron chi connectivity index (χ1n) is 6.85. The highest BCUT2D eigenvalue weighted by atomic mass is 16.4. The quantitative estimate of drug-likeness (QED) is 0.753. The maximum atomic E-state index is 11.8. The van der Waals surface area contributed by atoms with Gasteiger partial charge in [-0.15, -0.1) is 0 Å². The lowest BCUT2D eigenvalue weighted by molar-refractivity contribution is -0.141. The third-order valence-electron chi connectivity index (χ3n) is 3.92. The second-order valence-corrected chi connectivity index (χ2v) is 5.40. The van der Waals surface area contributed by atoms with E-state index in [1.807, 2.05) is 0 Å². The molecule has 0 spiro atoms. The summed E-state index contributed by atoms with van der Waals surface area (Å²) in [7, 11) is 0. The van der Waals surface area contributed by atoms with Gasteiger partial charge in [0.15, 0.2) is 0 Å². The van der Waals surface area contributed by atoms with Gasteiger partial charge in [-0.2, -0.15) is 0 Å². The molecule has 100 valence electrons. The Labute approximate surface area is 107 Å². The van der Waals surface area contributed by atoms with Crippen LogP contribution in [0.1, 0.15) is 51.4 Å². The molecular weight excluding hydrogens is 230 g/mol. The standard InChI is InChI=1S/C14H21NO3/c16-13(8-10-4-2-1-3-5-10)15-12-7-6-11(9-12)14(17)18/h4,11-12H,1-3,5-9H2,(H,15,16)(H,17,18)/t11-,12+/m1/s1. The summed E-state index contributed by atoms with van der Waals surface area (Å²) in [6.07, 6.45) is 9.28. The molecule has 2 atom stereocenters. The molecule has 2 aliphatic carbocycles. The van der Waals surface area contributed by atoms with Crippen LogP contribution in [0.4, 0.5) is 0 Å². The van der Waals surface area contributed by atoms with Crippen molar-refractivity contribution in [2.75, 3.05) is 0 Å². The van der Waals surface area contributed by atoms with Gasteiger partial charge in [0.25, 0.3) is 0 Å². The number of nitrogens with one attached hydrogen (secondary N) is 1. The summed E-state index contributed by atoms with van der Waals surface area (Å²) in [5.41, 5.74) is 1.24. The van der Waals surface area contributed by atoms with Gasteiger partial charge in [-0.25, -0.2) is 0 Å². The van der Waals surface area contributed by atoms with Crippen molar-refractivity contribution < 1.29 is 14.7 Å². The van der Waals surface area contributed by atoms with Crippen LogP contribution in [0.3, 0.4) is 0 Å². The zero-order valence-corrected chi connectivity index (χ0v) is 10.7. The lowest BCUT2D eigenvalue weighted by Gasteiger charge is -2.15. The van der Waals surface area contributed by atoms with Crippen molar-refractivity contribution >= 4 is 11.9 Å². The van der Waals surface area contributed by atoms with Crippen LogP contribution >= 0.6 is 0 Å². The maximum Gasteiger partial charge on any atom is 0.306 e. The molecule has 0 aromatic heterocycles. The number of aliphatic carboxylic acids is 1. The van der Waals surface area contributed by atoms with E-state index in [9.17, 15) is 9.59 Å². The molecule has 0 heterocycles. The molecule has 2 aliphatic rings. The average Bonchev–Trinajstić information content (AvgIpc) is 2.78. The highest BCUT2D eigenvalue weighted by Gasteiger charge is 2.30. The minimum Gasteiger partial charge on any atom is -0.481 e. The predicted molar refractivity (Wildman–Crippen MR) is 68.1 cm³/mol. The fourth-order valence-electron chi connectivity index (χ4n) is 2.89. The number of carboxylic acid groups (broad SMARTS) is 1. The largest absolute Gasteiger partial charge is 0.481 e. The molecule has 0 bridgehead atoms. The Morgan fingerprint density at radius 2 is 2.17 bits per heavy atom. The molecule has 18 heavy (non-hydrogen) atoms. The summed E-state index contributed by atoms with van der Waals surface area (Å²) in [6.45, 7) is 0. The van der Waals surface area contributed by atoms with Gasteiger partial charge in [0.2, 0.25) is 5.91 Å². The normalized spacial score (nSPS) is 27.7. The van der Waals surface area contributed by atoms with Crippen LogP contribution in [0, 0.1) is 5.92 Å². The van der Waals surface area contributed by atoms with E-state index in [2.05, 4.69) is 11.4 Å². The number of hydrogen-bond donors (Lipinski definition) is 2. The molecule has 1 fully saturated rings. The van der Waals surface area contributed by atoms with Gasteiger partial charge in [0, 0.05) is 12.5 Å². The molecule has 4 heteroatoms. The Kier molecular flexibility index (Phi) is 4.39. The van der Waals surface area contributed by atoms with E-state index in [0.717, 1.165) is 19.3 Å². The van der Waals surface area contributed by atoms with E-state index in [1.165, 1.54) is 18.4 Å². The summed E-state index contributed by atoms with van der Waals surface area (Å²) < 4.78 is 0. The number of carbonyl (C=O) groups excluding carboxylic acids is 1. The molecule has 2 N–H and O–H groups in total. The first-order chi connectivity index (χ1) is 8.65. The highest BCUT2D eigenvalue weighted by molar-refractivity contribution is 5.79. The number of carboxylic acids is 1. The molecule has 1 amide bonds. The molecule has 1 saturated carbocycles. The van der Waals surface area contributed by atoms with Crippen LogP contribution in [0.15, 0.2) is 11.6 Å². The average molecular weight is 251 g/mol.